The van der Waals surface area contributed by atoms with Crippen molar-refractivity contribution in [2.75, 3.05) is 0 Å². The molecule has 0 fully saturated rings. The summed E-state index contributed by atoms with van der Waals surface area (Å²) >= 11 is 0. The van der Waals surface area contributed by atoms with Gasteiger partial charge in [0, 0.05) is 71.5 Å². The van der Waals surface area contributed by atoms with Crippen molar-refractivity contribution in [2.45, 2.75) is 13.1 Å². The Hall–Kier alpha value is -11.1. The number of para-hydroxylation sites is 5. The Labute approximate surface area is 493 Å². The van der Waals surface area contributed by atoms with Crippen molar-refractivity contribution in [3.05, 3.63) is 296 Å². The van der Waals surface area contributed by atoms with Crippen LogP contribution in [-0.2, 0) is 6.18 Å². The van der Waals surface area contributed by atoms with E-state index in [2.05, 4.69) is 232 Å². The SMILES string of the molecule is Cc1cc(-c2ccc3c(c2)c2ccccc2n3-c2c(-c3cccc(-n4c5ccccc5c5ccccc54)c3)cc(-c3cc(-c4ccccc4)nc(-c4ccccc4)n3)cc2-c2cccc(-n3c4ccccc4c4ccccc43)c2)cc(C(F)(F)F)c1. The van der Waals surface area contributed by atoms with Crippen LogP contribution in [0, 0.1) is 6.92 Å². The van der Waals surface area contributed by atoms with Gasteiger partial charge in [0.1, 0.15) is 0 Å². The van der Waals surface area contributed by atoms with Crippen molar-refractivity contribution in [1.82, 2.24) is 23.7 Å². The van der Waals surface area contributed by atoms with Crippen molar-refractivity contribution in [3.8, 4) is 84.3 Å². The molecule has 4 aromatic heterocycles. The molecule has 0 aliphatic heterocycles. The highest BCUT2D eigenvalue weighted by molar-refractivity contribution is 6.13. The zero-order valence-electron chi connectivity index (χ0n) is 46.5. The molecule has 4 heterocycles. The average molecular weight is 1110 g/mol. The minimum atomic E-state index is -4.50. The van der Waals surface area contributed by atoms with Gasteiger partial charge in [-0.2, -0.15) is 13.2 Å². The number of hydrogen-bond acceptors (Lipinski definition) is 2. The Bertz CT molecular complexity index is 5020. The highest BCUT2D eigenvalue weighted by Crippen LogP contribution is 2.47. The van der Waals surface area contributed by atoms with E-state index in [9.17, 15) is 13.2 Å². The normalized spacial score (nSPS) is 12.0. The van der Waals surface area contributed by atoms with Crippen LogP contribution in [0.1, 0.15) is 11.1 Å². The molecule has 86 heavy (non-hydrogen) atoms. The van der Waals surface area contributed by atoms with E-state index in [1.165, 1.54) is 33.7 Å². The maximum atomic E-state index is 14.5. The van der Waals surface area contributed by atoms with Gasteiger partial charge in [0.25, 0.3) is 0 Å². The van der Waals surface area contributed by atoms with Crippen molar-refractivity contribution < 1.29 is 13.2 Å². The maximum Gasteiger partial charge on any atom is 0.416 e. The Morgan fingerprint density at radius 1 is 0.291 bits per heavy atom. The number of aromatic nitrogens is 5. The molecular formula is C78H50F3N5. The monoisotopic (exact) mass is 1110 g/mol. The number of rotatable bonds is 9. The molecular weight excluding hydrogens is 1060 g/mol. The molecule has 0 spiro atoms. The summed E-state index contributed by atoms with van der Waals surface area (Å²) in [5.41, 5.74) is 18.2. The van der Waals surface area contributed by atoms with Crippen LogP contribution in [0.4, 0.5) is 13.2 Å². The second kappa shape index (κ2) is 20.1. The molecule has 5 nitrogen and oxygen atoms in total. The quantitative estimate of drug-likeness (QED) is 0.145. The Balaban J connectivity index is 1.03. The predicted molar refractivity (Wildman–Crippen MR) is 347 cm³/mol. The van der Waals surface area contributed by atoms with E-state index in [1.54, 1.807) is 6.92 Å². The average Bonchev–Trinajstić information content (AvgIpc) is 1.64. The van der Waals surface area contributed by atoms with Gasteiger partial charge in [-0.15, -0.1) is 0 Å². The first-order valence-electron chi connectivity index (χ1n) is 28.8. The summed E-state index contributed by atoms with van der Waals surface area (Å²) in [5, 5.41) is 6.53. The molecule has 408 valence electrons. The summed E-state index contributed by atoms with van der Waals surface area (Å²) in [4.78, 5) is 10.7. The van der Waals surface area contributed by atoms with Gasteiger partial charge in [0.15, 0.2) is 5.82 Å². The van der Waals surface area contributed by atoms with Crippen LogP contribution in [0.25, 0.3) is 150 Å². The summed E-state index contributed by atoms with van der Waals surface area (Å²) in [7, 11) is 0. The molecule has 0 amide bonds. The van der Waals surface area contributed by atoms with Crippen molar-refractivity contribution in [1.29, 1.82) is 0 Å². The molecule has 0 saturated carbocycles. The fourth-order valence-corrected chi connectivity index (χ4v) is 13.1. The Morgan fingerprint density at radius 2 is 0.709 bits per heavy atom. The number of aryl methyl sites for hydroxylation is 1. The van der Waals surface area contributed by atoms with Gasteiger partial charge in [-0.1, -0.05) is 188 Å². The molecule has 0 aliphatic carbocycles. The lowest BCUT2D eigenvalue weighted by atomic mass is 9.91. The maximum absolute atomic E-state index is 14.5. The molecule has 0 N–H and O–H groups in total. The van der Waals surface area contributed by atoms with E-state index in [1.807, 2.05) is 54.6 Å². The van der Waals surface area contributed by atoms with E-state index >= 15 is 0 Å². The first-order chi connectivity index (χ1) is 42.2. The minimum absolute atomic E-state index is 0.500. The van der Waals surface area contributed by atoms with Crippen LogP contribution in [0.15, 0.2) is 285 Å². The lowest BCUT2D eigenvalue weighted by Gasteiger charge is -2.22. The summed E-state index contributed by atoms with van der Waals surface area (Å²) in [5.74, 6) is 0.602. The first kappa shape index (κ1) is 50.6. The van der Waals surface area contributed by atoms with Crippen LogP contribution in [-0.4, -0.2) is 23.7 Å². The van der Waals surface area contributed by atoms with Gasteiger partial charge in [-0.05, 0) is 132 Å². The zero-order chi connectivity index (χ0) is 57.6. The van der Waals surface area contributed by atoms with Crippen LogP contribution >= 0.6 is 0 Å². The molecule has 12 aromatic carbocycles. The highest BCUT2D eigenvalue weighted by atomic mass is 19.4. The van der Waals surface area contributed by atoms with Gasteiger partial charge in [-0.25, -0.2) is 9.97 Å². The van der Waals surface area contributed by atoms with Crippen molar-refractivity contribution in [3.63, 3.8) is 0 Å². The van der Waals surface area contributed by atoms with Gasteiger partial charge in [0.05, 0.1) is 55.7 Å². The Morgan fingerprint density at radius 3 is 1.21 bits per heavy atom. The van der Waals surface area contributed by atoms with E-state index in [0.717, 1.165) is 111 Å². The van der Waals surface area contributed by atoms with Crippen LogP contribution in [0.3, 0.4) is 0 Å². The molecule has 8 heteroatoms. The lowest BCUT2D eigenvalue weighted by molar-refractivity contribution is -0.137. The number of halogens is 3. The third kappa shape index (κ3) is 8.48. The predicted octanol–water partition coefficient (Wildman–Crippen LogP) is 21.1. The summed E-state index contributed by atoms with van der Waals surface area (Å²) in [6.45, 7) is 1.72. The lowest BCUT2D eigenvalue weighted by Crippen LogP contribution is -2.05. The van der Waals surface area contributed by atoms with Gasteiger partial charge in [-0.3, -0.25) is 0 Å². The molecule has 16 aromatic rings. The van der Waals surface area contributed by atoms with Gasteiger partial charge >= 0.3 is 6.18 Å². The van der Waals surface area contributed by atoms with E-state index in [0.29, 0.717) is 22.5 Å². The van der Waals surface area contributed by atoms with Crippen LogP contribution < -0.4 is 0 Å². The topological polar surface area (TPSA) is 40.6 Å². The number of alkyl halides is 3. The molecule has 0 unspecified atom stereocenters. The Kier molecular flexibility index (Phi) is 11.8. The zero-order valence-corrected chi connectivity index (χ0v) is 46.5. The highest BCUT2D eigenvalue weighted by Gasteiger charge is 2.31. The molecule has 16 rings (SSSR count). The second-order valence-electron chi connectivity index (χ2n) is 22.1. The number of nitrogens with zero attached hydrogens (tertiary/aromatic N) is 5. The smallest absolute Gasteiger partial charge is 0.309 e. The second-order valence-corrected chi connectivity index (χ2v) is 22.1. The first-order valence-corrected chi connectivity index (χ1v) is 28.8. The van der Waals surface area contributed by atoms with Crippen molar-refractivity contribution >= 4 is 65.4 Å². The number of hydrogen-bond donors (Lipinski definition) is 0. The fourth-order valence-electron chi connectivity index (χ4n) is 13.1. The molecule has 0 radical (unpaired) electrons. The summed E-state index contributed by atoms with van der Waals surface area (Å²) in [6, 6.07) is 97.8. The number of fused-ring (bicyclic) bond motifs is 9. The summed E-state index contributed by atoms with van der Waals surface area (Å²) in [6.07, 6.45) is -4.50. The molecule has 0 bridgehead atoms. The third-order valence-electron chi connectivity index (χ3n) is 16.9. The molecule has 0 aliphatic rings. The molecule has 0 saturated heterocycles. The summed E-state index contributed by atoms with van der Waals surface area (Å²) < 4.78 is 50.5. The van der Waals surface area contributed by atoms with Gasteiger partial charge < -0.3 is 13.7 Å². The number of benzene rings is 12. The van der Waals surface area contributed by atoms with E-state index in [-0.39, 0.29) is 0 Å². The van der Waals surface area contributed by atoms with Crippen LogP contribution in [0.5, 0.6) is 0 Å². The largest absolute Gasteiger partial charge is 0.416 e. The van der Waals surface area contributed by atoms with Crippen LogP contribution in [0.2, 0.25) is 0 Å². The van der Waals surface area contributed by atoms with Gasteiger partial charge in [0.2, 0.25) is 0 Å². The fraction of sp³-hybridized carbons (Fsp3) is 0.0256. The minimum Gasteiger partial charge on any atom is -0.309 e. The van der Waals surface area contributed by atoms with Crippen molar-refractivity contribution in [2.24, 2.45) is 0 Å². The standard InChI is InChI=1S/C78H50F3N5/c1-49-40-55(42-57(41-49)78(79,80)81)52-38-39-75-67(45-52)64-32-12-17-37-74(64)86(75)76-65(53-24-18-26-58(43-53)84-70-33-13-8-28-60(70)61-29-9-14-34-71(61)84)46-56(69-48-68(50-20-4-2-5-21-50)82-77(83-69)51-22-6-3-7-23-51)47-66(76)54-25-19-27-59(44-54)85-72-35-15-10-30-62(72)63-31-11-16-36-73(63)85/h2-48H,1H3. The van der Waals surface area contributed by atoms with E-state index in [4.69, 9.17) is 9.97 Å². The third-order valence-corrected chi connectivity index (χ3v) is 16.9. The molecule has 0 atom stereocenters. The van der Waals surface area contributed by atoms with E-state index < -0.39 is 11.7 Å².